The van der Waals surface area contributed by atoms with Crippen LogP contribution in [0.2, 0.25) is 0 Å². The molecule has 0 amide bonds. The molecule has 17 heavy (non-hydrogen) atoms. The zero-order valence-corrected chi connectivity index (χ0v) is 10.3. The van der Waals surface area contributed by atoms with E-state index in [1.54, 1.807) is 11.3 Å². The van der Waals surface area contributed by atoms with E-state index in [4.69, 9.17) is 0 Å². The lowest BCUT2D eigenvalue weighted by molar-refractivity contribution is 0.880. The molecule has 3 rings (SSSR count). The van der Waals surface area contributed by atoms with Crippen LogP contribution in [0.1, 0.15) is 5.56 Å². The average Bonchev–Trinajstić information content (AvgIpc) is 2.71. The number of para-hydroxylation sites is 2. The predicted octanol–water partition coefficient (Wildman–Crippen LogP) is 4.00. The summed E-state index contributed by atoms with van der Waals surface area (Å²) in [4.78, 5) is 2.34. The molecule has 0 aliphatic carbocycles. The Morgan fingerprint density at radius 3 is 3.06 bits per heavy atom. The Hall–Kier alpha value is -1.74. The first-order valence-electron chi connectivity index (χ1n) is 5.65. The summed E-state index contributed by atoms with van der Waals surface area (Å²) in [5, 5.41) is 7.89. The van der Waals surface area contributed by atoms with Crippen molar-refractivity contribution in [3.63, 3.8) is 0 Å². The molecule has 0 spiro atoms. The van der Waals surface area contributed by atoms with Crippen molar-refractivity contribution in [2.24, 2.45) is 0 Å². The van der Waals surface area contributed by atoms with E-state index in [9.17, 15) is 0 Å². The summed E-state index contributed by atoms with van der Waals surface area (Å²) >= 11 is 1.74. The lowest BCUT2D eigenvalue weighted by atomic mass is 10.2. The number of rotatable bonds is 2. The minimum atomic E-state index is 0.869. The summed E-state index contributed by atoms with van der Waals surface area (Å²) in [5.41, 5.74) is 5.00. The fraction of sp³-hybridized carbons (Fsp3) is 0.143. The Morgan fingerprint density at radius 1 is 1.29 bits per heavy atom. The van der Waals surface area contributed by atoms with Crippen LogP contribution in [0.4, 0.5) is 17.1 Å². The molecule has 1 N–H and O–H groups in total. The van der Waals surface area contributed by atoms with Crippen molar-refractivity contribution in [1.29, 1.82) is 0 Å². The van der Waals surface area contributed by atoms with E-state index in [1.165, 1.54) is 22.6 Å². The molecule has 1 aromatic heterocycles. The summed E-state index contributed by atoms with van der Waals surface area (Å²) < 4.78 is 0. The third-order valence-electron chi connectivity index (χ3n) is 2.97. The van der Waals surface area contributed by atoms with Gasteiger partial charge in [0.05, 0.1) is 17.1 Å². The number of thiophene rings is 1. The van der Waals surface area contributed by atoms with Gasteiger partial charge in [-0.3, -0.25) is 0 Å². The second-order valence-corrected chi connectivity index (χ2v) is 4.87. The largest absolute Gasteiger partial charge is 0.362 e. The predicted molar refractivity (Wildman–Crippen MR) is 75.3 cm³/mol. The number of nitrogens with zero attached hydrogens (tertiary/aromatic N) is 1. The van der Waals surface area contributed by atoms with E-state index in [2.05, 4.69) is 51.8 Å². The van der Waals surface area contributed by atoms with Crippen molar-refractivity contribution in [1.82, 2.24) is 0 Å². The zero-order chi connectivity index (χ0) is 11.7. The van der Waals surface area contributed by atoms with E-state index >= 15 is 0 Å². The molecule has 2 nitrogen and oxygen atoms in total. The van der Waals surface area contributed by atoms with Gasteiger partial charge in [0, 0.05) is 24.0 Å². The van der Waals surface area contributed by atoms with Crippen molar-refractivity contribution >= 4 is 28.4 Å². The van der Waals surface area contributed by atoms with E-state index in [1.807, 2.05) is 6.08 Å². The van der Waals surface area contributed by atoms with Gasteiger partial charge < -0.3 is 10.2 Å². The van der Waals surface area contributed by atoms with Gasteiger partial charge in [0.1, 0.15) is 0 Å². The van der Waals surface area contributed by atoms with Gasteiger partial charge in [-0.2, -0.15) is 0 Å². The molecule has 0 saturated carbocycles. The topological polar surface area (TPSA) is 15.3 Å². The number of benzene rings is 1. The van der Waals surface area contributed by atoms with Gasteiger partial charge >= 0.3 is 0 Å². The molecular weight excluding hydrogens is 228 g/mol. The normalized spacial score (nSPS) is 13.3. The fourth-order valence-electron chi connectivity index (χ4n) is 2.17. The number of nitrogens with one attached hydrogen (secondary N) is 1. The Bertz CT molecular complexity index is 545. The maximum Gasteiger partial charge on any atom is 0.0622 e. The van der Waals surface area contributed by atoms with E-state index in [-0.39, 0.29) is 0 Å². The molecule has 0 radical (unpaired) electrons. The summed E-state index contributed by atoms with van der Waals surface area (Å²) in [6.45, 7) is 5.65. The Balaban J connectivity index is 2.09. The quantitative estimate of drug-likeness (QED) is 0.801. The van der Waals surface area contributed by atoms with E-state index in [0.717, 1.165) is 13.1 Å². The SMILES string of the molecule is C=CCN1Cc2cscc2Nc2ccccc21. The molecule has 3 heteroatoms. The van der Waals surface area contributed by atoms with Crippen molar-refractivity contribution in [2.75, 3.05) is 16.8 Å². The number of anilines is 3. The maximum atomic E-state index is 3.84. The van der Waals surface area contributed by atoms with Gasteiger partial charge in [-0.15, -0.1) is 17.9 Å². The van der Waals surface area contributed by atoms with Crippen LogP contribution in [0.25, 0.3) is 0 Å². The molecule has 1 aromatic carbocycles. The third-order valence-corrected chi connectivity index (χ3v) is 3.76. The molecule has 2 aromatic rings. The molecular formula is C14H14N2S. The lowest BCUT2D eigenvalue weighted by Gasteiger charge is -2.22. The lowest BCUT2D eigenvalue weighted by Crippen LogP contribution is -2.21. The zero-order valence-electron chi connectivity index (χ0n) is 9.52. The number of hydrogen-bond donors (Lipinski definition) is 1. The van der Waals surface area contributed by atoms with Crippen molar-refractivity contribution in [3.8, 4) is 0 Å². The molecule has 1 aliphatic rings. The highest BCUT2D eigenvalue weighted by Crippen LogP contribution is 2.36. The van der Waals surface area contributed by atoms with E-state index in [0.29, 0.717) is 0 Å². The first-order chi connectivity index (χ1) is 8.38. The van der Waals surface area contributed by atoms with Crippen LogP contribution in [0.5, 0.6) is 0 Å². The number of hydrogen-bond acceptors (Lipinski definition) is 3. The molecule has 0 unspecified atom stereocenters. The monoisotopic (exact) mass is 242 g/mol. The fourth-order valence-corrected chi connectivity index (χ4v) is 2.95. The van der Waals surface area contributed by atoms with Crippen molar-refractivity contribution < 1.29 is 0 Å². The molecule has 0 bridgehead atoms. The second kappa shape index (κ2) is 4.26. The Labute approximate surface area is 105 Å². The van der Waals surface area contributed by atoms with Crippen LogP contribution >= 0.6 is 11.3 Å². The Morgan fingerprint density at radius 2 is 2.18 bits per heavy atom. The van der Waals surface area contributed by atoms with Crippen molar-refractivity contribution in [3.05, 3.63) is 53.2 Å². The minimum absolute atomic E-state index is 0.869. The second-order valence-electron chi connectivity index (χ2n) is 4.12. The Kier molecular flexibility index (Phi) is 2.61. The smallest absolute Gasteiger partial charge is 0.0622 e. The van der Waals surface area contributed by atoms with Gasteiger partial charge in [-0.25, -0.2) is 0 Å². The van der Waals surface area contributed by atoms with Gasteiger partial charge in [0.2, 0.25) is 0 Å². The van der Waals surface area contributed by atoms with Gasteiger partial charge in [0.15, 0.2) is 0 Å². The van der Waals surface area contributed by atoms with Gasteiger partial charge in [-0.1, -0.05) is 18.2 Å². The standard InChI is InChI=1S/C14H14N2S/c1-2-7-16-8-11-9-17-10-13(11)15-12-5-3-4-6-14(12)16/h2-6,9-10,15H,1,7-8H2. The average molecular weight is 242 g/mol. The van der Waals surface area contributed by atoms with Crippen LogP contribution in [-0.4, -0.2) is 6.54 Å². The summed E-state index contributed by atoms with van der Waals surface area (Å²) in [5.74, 6) is 0. The number of fused-ring (bicyclic) bond motifs is 2. The van der Waals surface area contributed by atoms with Gasteiger partial charge in [-0.05, 0) is 17.5 Å². The molecule has 0 atom stereocenters. The molecule has 0 saturated heterocycles. The maximum absolute atomic E-state index is 3.84. The van der Waals surface area contributed by atoms with Crippen LogP contribution in [0, 0.1) is 0 Å². The highest BCUT2D eigenvalue weighted by Gasteiger charge is 2.17. The van der Waals surface area contributed by atoms with Crippen LogP contribution in [0.3, 0.4) is 0 Å². The van der Waals surface area contributed by atoms with Crippen LogP contribution in [0.15, 0.2) is 47.7 Å². The molecule has 2 heterocycles. The van der Waals surface area contributed by atoms with E-state index < -0.39 is 0 Å². The first-order valence-corrected chi connectivity index (χ1v) is 6.60. The summed E-state index contributed by atoms with van der Waals surface area (Å²) in [6, 6.07) is 8.42. The third kappa shape index (κ3) is 1.83. The first kappa shape index (κ1) is 10.4. The highest BCUT2D eigenvalue weighted by molar-refractivity contribution is 7.08. The summed E-state index contributed by atoms with van der Waals surface area (Å²) in [7, 11) is 0. The molecule has 86 valence electrons. The summed E-state index contributed by atoms with van der Waals surface area (Å²) in [6.07, 6.45) is 1.95. The van der Waals surface area contributed by atoms with Crippen molar-refractivity contribution in [2.45, 2.75) is 6.54 Å². The van der Waals surface area contributed by atoms with Gasteiger partial charge in [0.25, 0.3) is 0 Å². The molecule has 1 aliphatic heterocycles. The highest BCUT2D eigenvalue weighted by atomic mass is 32.1. The molecule has 0 fully saturated rings. The minimum Gasteiger partial charge on any atom is -0.362 e. The van der Waals surface area contributed by atoms with Crippen LogP contribution < -0.4 is 10.2 Å². The van der Waals surface area contributed by atoms with Crippen LogP contribution in [-0.2, 0) is 6.54 Å².